The minimum absolute atomic E-state index is 0.288. The Morgan fingerprint density at radius 2 is 1.74 bits per heavy atom. The van der Waals surface area contributed by atoms with Gasteiger partial charge >= 0.3 is 0 Å². The molecule has 124 valence electrons. The van der Waals surface area contributed by atoms with Gasteiger partial charge < -0.3 is 15.6 Å². The van der Waals surface area contributed by atoms with Crippen molar-refractivity contribution in [3.63, 3.8) is 0 Å². The molecule has 2 rings (SSSR count). The molecular formula is C20H27NO2. The first-order valence-corrected chi connectivity index (χ1v) is 8.48. The number of hydrogen-bond acceptors (Lipinski definition) is 3. The summed E-state index contributed by atoms with van der Waals surface area (Å²) in [5.74, 6) is 1.07. The Bertz CT molecular complexity index is 665. The molecule has 0 spiro atoms. The largest absolute Gasteiger partial charge is 0.507 e. The lowest BCUT2D eigenvalue weighted by Crippen LogP contribution is -2.02. The van der Waals surface area contributed by atoms with Gasteiger partial charge in [-0.3, -0.25) is 0 Å². The molecule has 0 unspecified atom stereocenters. The molecule has 3 N–H and O–H groups in total. The number of rotatable bonds is 7. The Balaban J connectivity index is 2.53. The average Bonchev–Trinajstić information content (AvgIpc) is 2.53. The highest BCUT2D eigenvalue weighted by atomic mass is 16.5. The standard InChI is InChI=1S/C20H27NO2/c1-4-7-14-9-10-19(22)17(11-14)16-12-15(8-5-2)20(23-6-3)18(21)13-16/h9-13,22H,4-8,21H2,1-3H3. The fourth-order valence-electron chi connectivity index (χ4n) is 2.90. The van der Waals surface area contributed by atoms with E-state index in [2.05, 4.69) is 26.0 Å². The van der Waals surface area contributed by atoms with Crippen LogP contribution in [0.4, 0.5) is 5.69 Å². The van der Waals surface area contributed by atoms with Crippen molar-refractivity contribution in [1.82, 2.24) is 0 Å². The van der Waals surface area contributed by atoms with E-state index in [4.69, 9.17) is 10.5 Å². The van der Waals surface area contributed by atoms with Crippen LogP contribution in [0, 0.1) is 0 Å². The van der Waals surface area contributed by atoms with Crippen LogP contribution in [0.5, 0.6) is 11.5 Å². The number of nitrogens with two attached hydrogens (primary N) is 1. The van der Waals surface area contributed by atoms with Crippen molar-refractivity contribution in [2.75, 3.05) is 12.3 Å². The first kappa shape index (κ1) is 17.2. The van der Waals surface area contributed by atoms with Crippen LogP contribution in [0.1, 0.15) is 44.7 Å². The first-order chi connectivity index (χ1) is 11.1. The lowest BCUT2D eigenvalue weighted by atomic mass is 9.96. The van der Waals surface area contributed by atoms with Gasteiger partial charge in [0.2, 0.25) is 0 Å². The van der Waals surface area contributed by atoms with Gasteiger partial charge in [0.1, 0.15) is 11.5 Å². The number of anilines is 1. The molecule has 0 bridgehead atoms. The topological polar surface area (TPSA) is 55.5 Å². The summed E-state index contributed by atoms with van der Waals surface area (Å²) in [7, 11) is 0. The van der Waals surface area contributed by atoms with Crippen LogP contribution in [-0.4, -0.2) is 11.7 Å². The van der Waals surface area contributed by atoms with E-state index in [1.165, 1.54) is 5.56 Å². The first-order valence-electron chi connectivity index (χ1n) is 8.48. The summed E-state index contributed by atoms with van der Waals surface area (Å²) < 4.78 is 5.72. The Morgan fingerprint density at radius 3 is 2.39 bits per heavy atom. The van der Waals surface area contributed by atoms with Gasteiger partial charge in [-0.2, -0.15) is 0 Å². The number of benzene rings is 2. The van der Waals surface area contributed by atoms with Gasteiger partial charge in [-0.15, -0.1) is 0 Å². The predicted octanol–water partition coefficient (Wildman–Crippen LogP) is 4.95. The summed E-state index contributed by atoms with van der Waals surface area (Å²) in [5.41, 5.74) is 11.0. The van der Waals surface area contributed by atoms with Crippen LogP contribution >= 0.6 is 0 Å². The highest BCUT2D eigenvalue weighted by Crippen LogP contribution is 2.37. The molecule has 0 radical (unpaired) electrons. The van der Waals surface area contributed by atoms with E-state index in [9.17, 15) is 5.11 Å². The van der Waals surface area contributed by atoms with Crippen LogP contribution in [0.25, 0.3) is 11.1 Å². The molecule has 2 aromatic rings. The maximum Gasteiger partial charge on any atom is 0.145 e. The lowest BCUT2D eigenvalue weighted by molar-refractivity contribution is 0.338. The molecular weight excluding hydrogens is 286 g/mol. The second-order valence-electron chi connectivity index (χ2n) is 5.84. The van der Waals surface area contributed by atoms with Gasteiger partial charge in [0.25, 0.3) is 0 Å². The minimum Gasteiger partial charge on any atom is -0.507 e. The van der Waals surface area contributed by atoms with Gasteiger partial charge in [0.05, 0.1) is 12.3 Å². The monoisotopic (exact) mass is 313 g/mol. The maximum atomic E-state index is 10.3. The molecule has 0 aliphatic heterocycles. The molecule has 0 aliphatic rings. The third kappa shape index (κ3) is 3.98. The summed E-state index contributed by atoms with van der Waals surface area (Å²) in [6.07, 6.45) is 4.01. The smallest absolute Gasteiger partial charge is 0.145 e. The number of phenols is 1. The van der Waals surface area contributed by atoms with E-state index >= 15 is 0 Å². The zero-order chi connectivity index (χ0) is 16.8. The van der Waals surface area contributed by atoms with Crippen LogP contribution in [-0.2, 0) is 12.8 Å². The maximum absolute atomic E-state index is 10.3. The quantitative estimate of drug-likeness (QED) is 0.711. The van der Waals surface area contributed by atoms with E-state index in [0.717, 1.165) is 48.1 Å². The van der Waals surface area contributed by atoms with Crippen molar-refractivity contribution in [2.24, 2.45) is 0 Å². The molecule has 0 fully saturated rings. The number of aryl methyl sites for hydroxylation is 2. The van der Waals surface area contributed by atoms with Gasteiger partial charge in [0.15, 0.2) is 0 Å². The van der Waals surface area contributed by atoms with Crippen molar-refractivity contribution in [2.45, 2.75) is 46.5 Å². The highest BCUT2D eigenvalue weighted by molar-refractivity contribution is 5.77. The van der Waals surface area contributed by atoms with E-state index < -0.39 is 0 Å². The van der Waals surface area contributed by atoms with E-state index in [-0.39, 0.29) is 5.75 Å². The molecule has 3 nitrogen and oxygen atoms in total. The van der Waals surface area contributed by atoms with Gasteiger partial charge in [-0.1, -0.05) is 32.8 Å². The zero-order valence-electron chi connectivity index (χ0n) is 14.4. The number of nitrogen functional groups attached to an aromatic ring is 1. The summed E-state index contributed by atoms with van der Waals surface area (Å²) in [6, 6.07) is 9.80. The van der Waals surface area contributed by atoms with Gasteiger partial charge in [-0.25, -0.2) is 0 Å². The average molecular weight is 313 g/mol. The number of aromatic hydroxyl groups is 1. The Labute approximate surface area is 139 Å². The van der Waals surface area contributed by atoms with E-state index in [1.807, 2.05) is 19.1 Å². The Kier molecular flexibility index (Phi) is 5.91. The van der Waals surface area contributed by atoms with Crippen molar-refractivity contribution in [3.8, 4) is 22.6 Å². The molecule has 0 aliphatic carbocycles. The normalized spacial score (nSPS) is 10.7. The van der Waals surface area contributed by atoms with Crippen molar-refractivity contribution in [1.29, 1.82) is 0 Å². The van der Waals surface area contributed by atoms with Crippen molar-refractivity contribution >= 4 is 5.69 Å². The predicted molar refractivity (Wildman–Crippen MR) is 97.1 cm³/mol. The number of phenolic OH excluding ortho intramolecular Hbond substituents is 1. The molecule has 0 aromatic heterocycles. The molecule has 0 saturated carbocycles. The molecule has 0 heterocycles. The molecule has 0 amide bonds. The van der Waals surface area contributed by atoms with Gasteiger partial charge in [0, 0.05) is 5.56 Å². The second kappa shape index (κ2) is 7.91. The Hall–Kier alpha value is -2.16. The van der Waals surface area contributed by atoms with Crippen LogP contribution in [0.3, 0.4) is 0 Å². The van der Waals surface area contributed by atoms with Gasteiger partial charge in [-0.05, 0) is 60.7 Å². The summed E-state index contributed by atoms with van der Waals surface area (Å²) >= 11 is 0. The molecule has 3 heteroatoms. The fourth-order valence-corrected chi connectivity index (χ4v) is 2.90. The summed E-state index contributed by atoms with van der Waals surface area (Å²) in [5, 5.41) is 10.3. The fraction of sp³-hybridized carbons (Fsp3) is 0.400. The minimum atomic E-state index is 0.288. The molecule has 2 aromatic carbocycles. The van der Waals surface area contributed by atoms with Crippen molar-refractivity contribution in [3.05, 3.63) is 41.5 Å². The van der Waals surface area contributed by atoms with Crippen LogP contribution in [0.2, 0.25) is 0 Å². The number of ether oxygens (including phenoxy) is 1. The van der Waals surface area contributed by atoms with E-state index in [1.54, 1.807) is 6.07 Å². The summed E-state index contributed by atoms with van der Waals surface area (Å²) in [4.78, 5) is 0. The van der Waals surface area contributed by atoms with Crippen LogP contribution < -0.4 is 10.5 Å². The SMILES string of the molecule is CCCc1ccc(O)c(-c2cc(N)c(OCC)c(CCC)c2)c1. The Morgan fingerprint density at radius 1 is 1.00 bits per heavy atom. The highest BCUT2D eigenvalue weighted by Gasteiger charge is 2.13. The molecule has 23 heavy (non-hydrogen) atoms. The third-order valence-corrected chi connectivity index (χ3v) is 3.91. The second-order valence-corrected chi connectivity index (χ2v) is 5.84. The van der Waals surface area contributed by atoms with E-state index in [0.29, 0.717) is 12.3 Å². The molecule has 0 saturated heterocycles. The lowest BCUT2D eigenvalue weighted by Gasteiger charge is -2.16. The summed E-state index contributed by atoms with van der Waals surface area (Å²) in [6.45, 7) is 6.85. The number of hydrogen-bond donors (Lipinski definition) is 2. The van der Waals surface area contributed by atoms with Crippen molar-refractivity contribution < 1.29 is 9.84 Å². The molecule has 0 atom stereocenters. The zero-order valence-corrected chi connectivity index (χ0v) is 14.4. The third-order valence-electron chi connectivity index (χ3n) is 3.91. The van der Waals surface area contributed by atoms with Crippen LogP contribution in [0.15, 0.2) is 30.3 Å².